The summed E-state index contributed by atoms with van der Waals surface area (Å²) in [6, 6.07) is 2.01. The Balaban J connectivity index is 2.12. The first-order chi connectivity index (χ1) is 8.69. The standard InChI is InChI=1S/C15H21ClN2/c1-3-4-5-18-10-12(2)6-14(11-18)13-7-15(16)9-17-8-13/h6-9,12H,3-5,10-11H2,1-2H3. The maximum Gasteiger partial charge on any atom is 0.0595 e. The van der Waals surface area contributed by atoms with Crippen LogP contribution in [0, 0.1) is 5.92 Å². The third-order valence-corrected chi connectivity index (χ3v) is 3.54. The molecule has 1 aliphatic rings. The van der Waals surface area contributed by atoms with E-state index in [0.717, 1.165) is 18.7 Å². The largest absolute Gasteiger partial charge is 0.298 e. The summed E-state index contributed by atoms with van der Waals surface area (Å²) in [6.07, 6.45) is 8.48. The molecule has 1 aromatic rings. The molecular formula is C15H21ClN2. The van der Waals surface area contributed by atoms with Crippen LogP contribution >= 0.6 is 11.6 Å². The number of unbranched alkanes of at least 4 members (excludes halogenated alkanes) is 1. The molecule has 2 rings (SSSR count). The van der Waals surface area contributed by atoms with Gasteiger partial charge in [0.1, 0.15) is 0 Å². The number of nitrogens with zero attached hydrogens (tertiary/aromatic N) is 2. The van der Waals surface area contributed by atoms with E-state index in [1.807, 2.05) is 12.3 Å². The summed E-state index contributed by atoms with van der Waals surface area (Å²) in [4.78, 5) is 6.71. The van der Waals surface area contributed by atoms with Crippen LogP contribution < -0.4 is 0 Å². The van der Waals surface area contributed by atoms with E-state index in [1.54, 1.807) is 6.20 Å². The lowest BCUT2D eigenvalue weighted by molar-refractivity contribution is 0.268. The lowest BCUT2D eigenvalue weighted by Gasteiger charge is -2.30. The Bertz CT molecular complexity index is 428. The minimum absolute atomic E-state index is 0.601. The molecule has 0 spiro atoms. The van der Waals surface area contributed by atoms with Crippen LogP contribution in [0.15, 0.2) is 24.5 Å². The second kappa shape index (κ2) is 6.35. The molecule has 2 nitrogen and oxygen atoms in total. The number of hydrogen-bond acceptors (Lipinski definition) is 2. The van der Waals surface area contributed by atoms with Crippen LogP contribution in [0.25, 0.3) is 5.57 Å². The first kappa shape index (κ1) is 13.6. The van der Waals surface area contributed by atoms with E-state index < -0.39 is 0 Å². The molecule has 3 heteroatoms. The molecular weight excluding hydrogens is 244 g/mol. The molecule has 0 N–H and O–H groups in total. The Labute approximate surface area is 115 Å². The molecule has 0 radical (unpaired) electrons. The zero-order valence-electron chi connectivity index (χ0n) is 11.2. The number of rotatable bonds is 4. The Morgan fingerprint density at radius 3 is 3.00 bits per heavy atom. The fraction of sp³-hybridized carbons (Fsp3) is 0.533. The molecule has 0 aromatic carbocycles. The molecule has 1 atom stereocenters. The van der Waals surface area contributed by atoms with Crippen LogP contribution in [-0.2, 0) is 0 Å². The highest BCUT2D eigenvalue weighted by atomic mass is 35.5. The van der Waals surface area contributed by atoms with E-state index in [1.165, 1.54) is 25.0 Å². The minimum Gasteiger partial charge on any atom is -0.298 e. The first-order valence-electron chi connectivity index (χ1n) is 6.73. The number of halogens is 1. The molecule has 98 valence electrons. The Morgan fingerprint density at radius 2 is 2.28 bits per heavy atom. The number of aromatic nitrogens is 1. The van der Waals surface area contributed by atoms with Gasteiger partial charge in [-0.2, -0.15) is 0 Å². The maximum absolute atomic E-state index is 6.02. The van der Waals surface area contributed by atoms with E-state index in [2.05, 4.69) is 29.8 Å². The van der Waals surface area contributed by atoms with Crippen LogP contribution in [0.3, 0.4) is 0 Å². The second-order valence-electron chi connectivity index (χ2n) is 5.15. The van der Waals surface area contributed by atoms with Gasteiger partial charge in [0, 0.05) is 25.5 Å². The minimum atomic E-state index is 0.601. The Hall–Kier alpha value is -0.860. The Morgan fingerprint density at radius 1 is 1.44 bits per heavy atom. The van der Waals surface area contributed by atoms with Gasteiger partial charge in [-0.1, -0.05) is 37.9 Å². The lowest BCUT2D eigenvalue weighted by Crippen LogP contribution is -2.34. The SMILES string of the molecule is CCCCN1CC(c2cncc(Cl)c2)=CC(C)C1. The topological polar surface area (TPSA) is 16.1 Å². The quantitative estimate of drug-likeness (QED) is 0.821. The van der Waals surface area contributed by atoms with Crippen molar-refractivity contribution in [3.8, 4) is 0 Å². The summed E-state index contributed by atoms with van der Waals surface area (Å²) in [7, 11) is 0. The molecule has 0 saturated carbocycles. The van der Waals surface area contributed by atoms with Crippen LogP contribution in [0.4, 0.5) is 0 Å². The van der Waals surface area contributed by atoms with Crippen molar-refractivity contribution in [3.05, 3.63) is 35.1 Å². The van der Waals surface area contributed by atoms with Gasteiger partial charge in [0.25, 0.3) is 0 Å². The van der Waals surface area contributed by atoms with Gasteiger partial charge in [-0.05, 0) is 36.1 Å². The molecule has 0 fully saturated rings. The average Bonchev–Trinajstić information content (AvgIpc) is 2.36. The molecule has 0 amide bonds. The highest BCUT2D eigenvalue weighted by Gasteiger charge is 2.18. The Kier molecular flexibility index (Phi) is 4.79. The van der Waals surface area contributed by atoms with E-state index in [-0.39, 0.29) is 0 Å². The molecule has 0 saturated heterocycles. The van der Waals surface area contributed by atoms with Gasteiger partial charge in [0.05, 0.1) is 5.02 Å². The fourth-order valence-corrected chi connectivity index (χ4v) is 2.66. The van der Waals surface area contributed by atoms with E-state index in [4.69, 9.17) is 11.6 Å². The predicted octanol–water partition coefficient (Wildman–Crippen LogP) is 3.87. The molecule has 1 aliphatic heterocycles. The molecule has 1 unspecified atom stereocenters. The summed E-state index contributed by atoms with van der Waals surface area (Å²) in [5.41, 5.74) is 2.52. The van der Waals surface area contributed by atoms with Crippen molar-refractivity contribution in [2.75, 3.05) is 19.6 Å². The molecule has 18 heavy (non-hydrogen) atoms. The van der Waals surface area contributed by atoms with Crippen molar-refractivity contribution in [3.63, 3.8) is 0 Å². The normalized spacial score (nSPS) is 20.8. The van der Waals surface area contributed by atoms with Crippen LogP contribution in [-0.4, -0.2) is 29.5 Å². The van der Waals surface area contributed by atoms with Gasteiger partial charge in [-0.15, -0.1) is 0 Å². The van der Waals surface area contributed by atoms with Crippen LogP contribution in [0.5, 0.6) is 0 Å². The van der Waals surface area contributed by atoms with Crippen molar-refractivity contribution < 1.29 is 0 Å². The van der Waals surface area contributed by atoms with Gasteiger partial charge in [0.15, 0.2) is 0 Å². The van der Waals surface area contributed by atoms with Crippen LogP contribution in [0.1, 0.15) is 32.3 Å². The van der Waals surface area contributed by atoms with Gasteiger partial charge >= 0.3 is 0 Å². The van der Waals surface area contributed by atoms with Crippen molar-refractivity contribution in [2.24, 2.45) is 5.92 Å². The summed E-state index contributed by atoms with van der Waals surface area (Å²) in [6.45, 7) is 7.89. The zero-order valence-corrected chi connectivity index (χ0v) is 12.0. The van der Waals surface area contributed by atoms with Crippen LogP contribution in [0.2, 0.25) is 5.02 Å². The molecule has 2 heterocycles. The molecule has 0 bridgehead atoms. The fourth-order valence-electron chi connectivity index (χ4n) is 2.49. The summed E-state index contributed by atoms with van der Waals surface area (Å²) in [5.74, 6) is 0.601. The summed E-state index contributed by atoms with van der Waals surface area (Å²) >= 11 is 6.02. The van der Waals surface area contributed by atoms with Gasteiger partial charge in [-0.25, -0.2) is 0 Å². The highest BCUT2D eigenvalue weighted by molar-refractivity contribution is 6.30. The monoisotopic (exact) mass is 264 g/mol. The summed E-state index contributed by atoms with van der Waals surface area (Å²) < 4.78 is 0. The van der Waals surface area contributed by atoms with Gasteiger partial charge < -0.3 is 0 Å². The van der Waals surface area contributed by atoms with Gasteiger partial charge in [-0.3, -0.25) is 9.88 Å². The first-order valence-corrected chi connectivity index (χ1v) is 7.10. The molecule has 0 aliphatic carbocycles. The summed E-state index contributed by atoms with van der Waals surface area (Å²) in [5, 5.41) is 0.715. The third-order valence-electron chi connectivity index (χ3n) is 3.33. The second-order valence-corrected chi connectivity index (χ2v) is 5.59. The van der Waals surface area contributed by atoms with Crippen molar-refractivity contribution in [2.45, 2.75) is 26.7 Å². The highest BCUT2D eigenvalue weighted by Crippen LogP contribution is 2.24. The smallest absolute Gasteiger partial charge is 0.0595 e. The third kappa shape index (κ3) is 3.56. The van der Waals surface area contributed by atoms with Gasteiger partial charge in [0.2, 0.25) is 0 Å². The lowest BCUT2D eigenvalue weighted by atomic mass is 9.97. The average molecular weight is 265 g/mol. The van der Waals surface area contributed by atoms with Crippen molar-refractivity contribution >= 4 is 17.2 Å². The number of pyridine rings is 1. The van der Waals surface area contributed by atoms with E-state index in [9.17, 15) is 0 Å². The van der Waals surface area contributed by atoms with Crippen molar-refractivity contribution in [1.29, 1.82) is 0 Å². The predicted molar refractivity (Wildman–Crippen MR) is 77.7 cm³/mol. The van der Waals surface area contributed by atoms with E-state index >= 15 is 0 Å². The van der Waals surface area contributed by atoms with E-state index in [0.29, 0.717) is 10.9 Å². The number of hydrogen-bond donors (Lipinski definition) is 0. The van der Waals surface area contributed by atoms with Crippen molar-refractivity contribution in [1.82, 2.24) is 9.88 Å². The molecule has 1 aromatic heterocycles. The zero-order chi connectivity index (χ0) is 13.0. The maximum atomic E-state index is 6.02.